The van der Waals surface area contributed by atoms with Crippen LogP contribution in [-0.2, 0) is 16.8 Å². The van der Waals surface area contributed by atoms with Crippen molar-refractivity contribution in [1.82, 2.24) is 14.3 Å². The minimum absolute atomic E-state index is 0.132. The molecule has 0 heterocycles. The third kappa shape index (κ3) is 5.11. The third-order valence-corrected chi connectivity index (χ3v) is 4.76. The van der Waals surface area contributed by atoms with Crippen molar-refractivity contribution in [2.24, 2.45) is 0 Å². The molecular formula is C14H23N3O3S. The quantitative estimate of drug-likeness (QED) is 0.755. The Hall–Kier alpha value is -1.44. The Morgan fingerprint density at radius 1 is 1.10 bits per heavy atom. The van der Waals surface area contributed by atoms with Crippen molar-refractivity contribution in [1.29, 1.82) is 0 Å². The standard InChI is InChI=1S/C14H23N3O3S/c1-4-15-14(18)13-9-7-12(8-10-13)11-16-21(19,20)17(5-2)6-3/h7-10,16H,4-6,11H2,1-3H3,(H,15,18). The van der Waals surface area contributed by atoms with Crippen molar-refractivity contribution >= 4 is 16.1 Å². The topological polar surface area (TPSA) is 78.5 Å². The van der Waals surface area contributed by atoms with Gasteiger partial charge in [0.1, 0.15) is 0 Å². The molecule has 0 saturated heterocycles. The smallest absolute Gasteiger partial charge is 0.279 e. The fourth-order valence-electron chi connectivity index (χ4n) is 1.87. The van der Waals surface area contributed by atoms with Crippen LogP contribution in [0.3, 0.4) is 0 Å². The van der Waals surface area contributed by atoms with E-state index in [0.29, 0.717) is 25.2 Å². The summed E-state index contributed by atoms with van der Waals surface area (Å²) < 4.78 is 27.9. The maximum absolute atomic E-state index is 12.0. The first-order valence-corrected chi connectivity index (χ1v) is 8.50. The molecule has 1 aromatic rings. The van der Waals surface area contributed by atoms with Crippen LogP contribution in [0.5, 0.6) is 0 Å². The zero-order chi connectivity index (χ0) is 15.9. The van der Waals surface area contributed by atoms with Gasteiger partial charge in [0.05, 0.1) is 0 Å². The van der Waals surface area contributed by atoms with Gasteiger partial charge in [-0.3, -0.25) is 4.79 Å². The van der Waals surface area contributed by atoms with Crippen LogP contribution in [0.25, 0.3) is 0 Å². The molecule has 0 atom stereocenters. The van der Waals surface area contributed by atoms with Crippen molar-refractivity contribution in [3.63, 3.8) is 0 Å². The van der Waals surface area contributed by atoms with Gasteiger partial charge in [-0.1, -0.05) is 26.0 Å². The van der Waals surface area contributed by atoms with E-state index in [1.54, 1.807) is 38.1 Å². The summed E-state index contributed by atoms with van der Waals surface area (Å²) in [5.41, 5.74) is 1.37. The average Bonchev–Trinajstić information content (AvgIpc) is 2.47. The van der Waals surface area contributed by atoms with Crippen molar-refractivity contribution in [3.8, 4) is 0 Å². The van der Waals surface area contributed by atoms with E-state index in [1.165, 1.54) is 4.31 Å². The molecule has 0 saturated carbocycles. The summed E-state index contributed by atoms with van der Waals surface area (Å²) in [6.45, 7) is 7.09. The lowest BCUT2D eigenvalue weighted by molar-refractivity contribution is 0.0956. The molecule has 0 aliphatic rings. The Balaban J connectivity index is 2.67. The summed E-state index contributed by atoms with van der Waals surface area (Å²) in [5, 5.41) is 2.71. The average molecular weight is 313 g/mol. The molecule has 0 aromatic heterocycles. The number of hydrogen-bond acceptors (Lipinski definition) is 3. The van der Waals surface area contributed by atoms with E-state index in [0.717, 1.165) is 5.56 Å². The number of nitrogens with one attached hydrogen (secondary N) is 2. The normalized spacial score (nSPS) is 11.6. The number of rotatable bonds is 8. The van der Waals surface area contributed by atoms with Gasteiger partial charge in [0.25, 0.3) is 16.1 Å². The van der Waals surface area contributed by atoms with Gasteiger partial charge in [-0.2, -0.15) is 17.4 Å². The molecule has 0 aliphatic heterocycles. The second kappa shape index (κ2) is 8.11. The van der Waals surface area contributed by atoms with E-state index >= 15 is 0 Å². The number of hydrogen-bond donors (Lipinski definition) is 2. The zero-order valence-corrected chi connectivity index (χ0v) is 13.5. The number of carbonyl (C=O) groups is 1. The molecule has 0 aliphatic carbocycles. The summed E-state index contributed by atoms with van der Waals surface area (Å²) in [6.07, 6.45) is 0. The van der Waals surface area contributed by atoms with Gasteiger partial charge in [-0.05, 0) is 24.6 Å². The van der Waals surface area contributed by atoms with Gasteiger partial charge < -0.3 is 5.32 Å². The van der Waals surface area contributed by atoms with E-state index in [4.69, 9.17) is 0 Å². The summed E-state index contributed by atoms with van der Waals surface area (Å²) in [6, 6.07) is 6.86. The first-order chi connectivity index (χ1) is 9.94. The molecule has 1 amide bonds. The van der Waals surface area contributed by atoms with Crippen molar-refractivity contribution in [2.75, 3.05) is 19.6 Å². The van der Waals surface area contributed by atoms with Gasteiger partial charge in [0.2, 0.25) is 0 Å². The molecule has 0 radical (unpaired) electrons. The second-order valence-corrected chi connectivity index (χ2v) is 6.22. The minimum Gasteiger partial charge on any atom is -0.352 e. The fraction of sp³-hybridized carbons (Fsp3) is 0.500. The number of benzene rings is 1. The largest absolute Gasteiger partial charge is 0.352 e. The summed E-state index contributed by atoms with van der Waals surface area (Å²) in [4.78, 5) is 11.6. The van der Waals surface area contributed by atoms with Crippen molar-refractivity contribution in [2.45, 2.75) is 27.3 Å². The molecule has 0 bridgehead atoms. The number of carbonyl (C=O) groups excluding carboxylic acids is 1. The zero-order valence-electron chi connectivity index (χ0n) is 12.7. The van der Waals surface area contributed by atoms with Gasteiger partial charge >= 0.3 is 0 Å². The molecule has 2 N–H and O–H groups in total. The van der Waals surface area contributed by atoms with Crippen molar-refractivity contribution < 1.29 is 13.2 Å². The first kappa shape index (κ1) is 17.6. The summed E-state index contributed by atoms with van der Waals surface area (Å²) >= 11 is 0. The van der Waals surface area contributed by atoms with Crippen LogP contribution in [0.1, 0.15) is 36.7 Å². The maximum Gasteiger partial charge on any atom is 0.279 e. The SMILES string of the molecule is CCNC(=O)c1ccc(CNS(=O)(=O)N(CC)CC)cc1. The van der Waals surface area contributed by atoms with Gasteiger partial charge in [-0.25, -0.2) is 0 Å². The summed E-state index contributed by atoms with van der Waals surface area (Å²) in [7, 11) is -3.45. The Morgan fingerprint density at radius 2 is 1.67 bits per heavy atom. The van der Waals surface area contributed by atoms with Crippen molar-refractivity contribution in [3.05, 3.63) is 35.4 Å². The van der Waals surface area contributed by atoms with E-state index in [-0.39, 0.29) is 12.5 Å². The molecule has 0 spiro atoms. The van der Waals surface area contributed by atoms with Crippen LogP contribution >= 0.6 is 0 Å². The highest BCUT2D eigenvalue weighted by atomic mass is 32.2. The van der Waals surface area contributed by atoms with Crippen LogP contribution in [0.4, 0.5) is 0 Å². The van der Waals surface area contributed by atoms with Gasteiger partial charge in [0.15, 0.2) is 0 Å². The van der Waals surface area contributed by atoms with Gasteiger partial charge in [-0.15, -0.1) is 0 Å². The lowest BCUT2D eigenvalue weighted by Gasteiger charge is -2.18. The molecule has 0 unspecified atom stereocenters. The second-order valence-electron chi connectivity index (χ2n) is 4.47. The van der Waals surface area contributed by atoms with Crippen LogP contribution in [0, 0.1) is 0 Å². The minimum atomic E-state index is -3.45. The van der Waals surface area contributed by atoms with E-state index < -0.39 is 10.2 Å². The predicted octanol–water partition coefficient (Wildman–Crippen LogP) is 1.11. The Kier molecular flexibility index (Phi) is 6.80. The molecule has 6 nitrogen and oxygen atoms in total. The molecular weight excluding hydrogens is 290 g/mol. The predicted molar refractivity (Wildman–Crippen MR) is 83.1 cm³/mol. The molecule has 1 rings (SSSR count). The Morgan fingerprint density at radius 3 is 2.14 bits per heavy atom. The molecule has 0 fully saturated rings. The molecule has 21 heavy (non-hydrogen) atoms. The van der Waals surface area contributed by atoms with Crippen LogP contribution in [0.2, 0.25) is 0 Å². The molecule has 1 aromatic carbocycles. The van der Waals surface area contributed by atoms with Crippen LogP contribution < -0.4 is 10.0 Å². The number of nitrogens with zero attached hydrogens (tertiary/aromatic N) is 1. The third-order valence-electron chi connectivity index (χ3n) is 3.06. The van der Waals surface area contributed by atoms with E-state index in [9.17, 15) is 13.2 Å². The number of amides is 1. The first-order valence-electron chi connectivity index (χ1n) is 7.06. The molecule has 118 valence electrons. The monoisotopic (exact) mass is 313 g/mol. The highest BCUT2D eigenvalue weighted by molar-refractivity contribution is 7.87. The summed E-state index contributed by atoms with van der Waals surface area (Å²) in [5.74, 6) is -0.132. The molecule has 7 heteroatoms. The van der Waals surface area contributed by atoms with E-state index in [1.807, 2.05) is 6.92 Å². The van der Waals surface area contributed by atoms with E-state index in [2.05, 4.69) is 10.0 Å². The highest BCUT2D eigenvalue weighted by Crippen LogP contribution is 2.06. The fourth-order valence-corrected chi connectivity index (χ4v) is 3.08. The highest BCUT2D eigenvalue weighted by Gasteiger charge is 2.17. The maximum atomic E-state index is 12.0. The van der Waals surface area contributed by atoms with Crippen LogP contribution in [-0.4, -0.2) is 38.3 Å². The lowest BCUT2D eigenvalue weighted by Crippen LogP contribution is -2.40. The van der Waals surface area contributed by atoms with Gasteiger partial charge in [0, 0.05) is 31.7 Å². The Labute approximate surface area is 126 Å². The lowest BCUT2D eigenvalue weighted by atomic mass is 10.1. The Bertz CT molecular complexity index is 551. The van der Waals surface area contributed by atoms with Crippen LogP contribution in [0.15, 0.2) is 24.3 Å².